The van der Waals surface area contributed by atoms with Gasteiger partial charge in [0.15, 0.2) is 12.0 Å². The van der Waals surface area contributed by atoms with Gasteiger partial charge in [0.2, 0.25) is 5.91 Å². The number of carbonyl (C=O) groups excluding carboxylic acids is 3. The molecule has 3 amide bonds. The third-order valence-corrected chi connectivity index (χ3v) is 6.58. The highest BCUT2D eigenvalue weighted by Crippen LogP contribution is 2.19. The van der Waals surface area contributed by atoms with Gasteiger partial charge in [-0.2, -0.15) is 0 Å². The summed E-state index contributed by atoms with van der Waals surface area (Å²) in [6.45, 7) is 4.14. The molecule has 1 unspecified atom stereocenters. The fraction of sp³-hybridized carbons (Fsp3) is 0.500. The Kier molecular flexibility index (Phi) is 9.63. The standard InChI is InChI=1S/C26H37N9O4/c1-33(2)11-4-6-21(36)35-12-3-5-20(17-35)29-26-30-24(22(23(27)37)31-32-26)28-19-9-7-18(8-10-19)25(38)34-13-15-39-16-14-34/h4,6-10,20,26,28-30H,3,5,11-17H2,1-2H3,(H2,27,37)/b6-4+/t20-,26?/m1/s1. The first-order valence-electron chi connectivity index (χ1n) is 13.1. The largest absolute Gasteiger partial charge is 0.378 e. The molecule has 0 saturated carbocycles. The Morgan fingerprint density at radius 3 is 2.59 bits per heavy atom. The van der Waals surface area contributed by atoms with Crippen molar-refractivity contribution in [3.8, 4) is 0 Å². The number of anilines is 1. The highest BCUT2D eigenvalue weighted by atomic mass is 16.5. The minimum Gasteiger partial charge on any atom is -0.378 e. The number of likely N-dealkylation sites (N-methyl/N-ethyl adjacent to an activating group) is 1. The number of amides is 3. The van der Waals surface area contributed by atoms with Crippen molar-refractivity contribution in [2.75, 3.05) is 65.3 Å². The summed E-state index contributed by atoms with van der Waals surface area (Å²) in [6.07, 6.45) is 4.58. The maximum Gasteiger partial charge on any atom is 0.272 e. The minimum atomic E-state index is -0.731. The van der Waals surface area contributed by atoms with E-state index in [9.17, 15) is 14.4 Å². The van der Waals surface area contributed by atoms with Crippen molar-refractivity contribution in [3.05, 3.63) is 53.5 Å². The van der Waals surface area contributed by atoms with E-state index >= 15 is 0 Å². The number of azo groups is 1. The van der Waals surface area contributed by atoms with Crippen molar-refractivity contribution >= 4 is 23.4 Å². The van der Waals surface area contributed by atoms with E-state index in [1.165, 1.54) is 0 Å². The molecule has 3 heterocycles. The van der Waals surface area contributed by atoms with Gasteiger partial charge < -0.3 is 35.8 Å². The molecule has 3 aliphatic rings. The molecule has 210 valence electrons. The monoisotopic (exact) mass is 539 g/mol. The number of hydrogen-bond donors (Lipinski definition) is 4. The second kappa shape index (κ2) is 13.3. The summed E-state index contributed by atoms with van der Waals surface area (Å²) in [7, 11) is 3.90. The number of primary amides is 1. The minimum absolute atomic E-state index is 0.0109. The van der Waals surface area contributed by atoms with Crippen LogP contribution in [0.15, 0.2) is 58.2 Å². The predicted molar refractivity (Wildman–Crippen MR) is 145 cm³/mol. The van der Waals surface area contributed by atoms with Gasteiger partial charge in [-0.1, -0.05) is 6.08 Å². The van der Waals surface area contributed by atoms with Gasteiger partial charge in [-0.15, -0.1) is 10.2 Å². The van der Waals surface area contributed by atoms with E-state index in [1.807, 2.05) is 30.0 Å². The third kappa shape index (κ3) is 7.85. The summed E-state index contributed by atoms with van der Waals surface area (Å²) in [4.78, 5) is 42.9. The lowest BCUT2D eigenvalue weighted by Gasteiger charge is -2.35. The summed E-state index contributed by atoms with van der Waals surface area (Å²) < 4.78 is 5.32. The van der Waals surface area contributed by atoms with E-state index < -0.39 is 12.2 Å². The predicted octanol–water partition coefficient (Wildman–Crippen LogP) is 0.263. The third-order valence-electron chi connectivity index (χ3n) is 6.58. The lowest BCUT2D eigenvalue weighted by atomic mass is 10.1. The number of likely N-dealkylation sites (tertiary alicyclic amines) is 1. The summed E-state index contributed by atoms with van der Waals surface area (Å²) in [5.41, 5.74) is 6.71. The number of ether oxygens (including phenoxy) is 1. The molecule has 1 aromatic rings. The topological polar surface area (TPSA) is 157 Å². The van der Waals surface area contributed by atoms with Crippen molar-refractivity contribution in [2.24, 2.45) is 16.0 Å². The quantitative estimate of drug-likeness (QED) is 0.326. The smallest absolute Gasteiger partial charge is 0.272 e. The number of hydrogen-bond acceptors (Lipinski definition) is 10. The summed E-state index contributed by atoms with van der Waals surface area (Å²) in [6, 6.07) is 6.95. The second-order valence-corrected chi connectivity index (χ2v) is 9.91. The summed E-state index contributed by atoms with van der Waals surface area (Å²) in [5, 5.41) is 17.9. The number of rotatable bonds is 9. The zero-order valence-corrected chi connectivity index (χ0v) is 22.4. The number of benzene rings is 1. The lowest BCUT2D eigenvalue weighted by Crippen LogP contribution is -2.54. The Bertz CT molecular complexity index is 1130. The molecule has 2 saturated heterocycles. The Hall–Kier alpha value is -3.81. The molecule has 0 bridgehead atoms. The highest BCUT2D eigenvalue weighted by Gasteiger charge is 2.28. The Balaban J connectivity index is 1.36. The first kappa shape index (κ1) is 28.2. The average molecular weight is 540 g/mol. The molecule has 2 atom stereocenters. The van der Waals surface area contributed by atoms with Crippen molar-refractivity contribution in [1.82, 2.24) is 25.3 Å². The van der Waals surface area contributed by atoms with Gasteiger partial charge in [0, 0.05) is 56.1 Å². The number of nitrogens with two attached hydrogens (primary N) is 1. The van der Waals surface area contributed by atoms with E-state index in [1.54, 1.807) is 35.2 Å². The lowest BCUT2D eigenvalue weighted by molar-refractivity contribution is -0.127. The van der Waals surface area contributed by atoms with Crippen LogP contribution in [0.1, 0.15) is 23.2 Å². The molecule has 13 nitrogen and oxygen atoms in total. The van der Waals surface area contributed by atoms with Crippen LogP contribution >= 0.6 is 0 Å². The molecule has 0 aromatic heterocycles. The van der Waals surface area contributed by atoms with Crippen LogP contribution in [-0.4, -0.2) is 105 Å². The molecule has 5 N–H and O–H groups in total. The van der Waals surface area contributed by atoms with Gasteiger partial charge in [0.25, 0.3) is 11.8 Å². The zero-order valence-electron chi connectivity index (χ0n) is 22.4. The normalized spacial score (nSPS) is 21.8. The fourth-order valence-electron chi connectivity index (χ4n) is 4.54. The maximum absolute atomic E-state index is 12.7. The number of morpholine rings is 1. The number of nitrogens with zero attached hydrogens (tertiary/aromatic N) is 5. The molecule has 2 fully saturated rings. The Morgan fingerprint density at radius 2 is 1.90 bits per heavy atom. The molecule has 0 aliphatic carbocycles. The zero-order chi connectivity index (χ0) is 27.8. The van der Waals surface area contributed by atoms with Crippen LogP contribution in [0.25, 0.3) is 0 Å². The van der Waals surface area contributed by atoms with E-state index in [4.69, 9.17) is 10.5 Å². The number of carbonyl (C=O) groups is 3. The van der Waals surface area contributed by atoms with Gasteiger partial charge in [-0.25, -0.2) is 0 Å². The molecule has 0 radical (unpaired) electrons. The van der Waals surface area contributed by atoms with Crippen LogP contribution in [0.4, 0.5) is 5.69 Å². The van der Waals surface area contributed by atoms with Crippen molar-refractivity contribution in [1.29, 1.82) is 0 Å². The average Bonchev–Trinajstić information content (AvgIpc) is 2.93. The Morgan fingerprint density at radius 1 is 1.15 bits per heavy atom. The SMILES string of the molecule is CN(C)C/C=C/C(=O)N1CCC[C@@H](NC2N=NC(C(N)=O)=C(Nc3ccc(C(=O)N4CCOCC4)cc3)N2)C1. The van der Waals surface area contributed by atoms with Crippen molar-refractivity contribution in [3.63, 3.8) is 0 Å². The molecule has 0 spiro atoms. The highest BCUT2D eigenvalue weighted by molar-refractivity contribution is 5.95. The van der Waals surface area contributed by atoms with Gasteiger partial charge >= 0.3 is 0 Å². The molecule has 39 heavy (non-hydrogen) atoms. The van der Waals surface area contributed by atoms with E-state index in [2.05, 4.69) is 26.2 Å². The van der Waals surface area contributed by atoms with E-state index in [0.29, 0.717) is 63.0 Å². The molecule has 1 aromatic carbocycles. The van der Waals surface area contributed by atoms with Crippen LogP contribution in [-0.2, 0) is 14.3 Å². The van der Waals surface area contributed by atoms with Crippen molar-refractivity contribution < 1.29 is 19.1 Å². The second-order valence-electron chi connectivity index (χ2n) is 9.91. The summed E-state index contributed by atoms with van der Waals surface area (Å²) in [5.74, 6) is -0.498. The van der Waals surface area contributed by atoms with Gasteiger partial charge in [0.05, 0.1) is 13.2 Å². The fourth-order valence-corrected chi connectivity index (χ4v) is 4.54. The maximum atomic E-state index is 12.7. The molecular formula is C26H37N9O4. The van der Waals surface area contributed by atoms with Crippen LogP contribution in [0.3, 0.4) is 0 Å². The first-order valence-corrected chi connectivity index (χ1v) is 13.1. The number of nitrogens with one attached hydrogen (secondary N) is 3. The van der Waals surface area contributed by atoms with Crippen LogP contribution in [0.5, 0.6) is 0 Å². The first-order chi connectivity index (χ1) is 18.8. The van der Waals surface area contributed by atoms with Gasteiger partial charge in [0.1, 0.15) is 5.82 Å². The molecular weight excluding hydrogens is 502 g/mol. The number of piperidine rings is 1. The van der Waals surface area contributed by atoms with Crippen LogP contribution in [0, 0.1) is 0 Å². The van der Waals surface area contributed by atoms with Crippen molar-refractivity contribution in [2.45, 2.75) is 25.2 Å². The molecule has 4 rings (SSSR count). The van der Waals surface area contributed by atoms with Gasteiger partial charge in [-0.3, -0.25) is 19.7 Å². The molecule has 3 aliphatic heterocycles. The van der Waals surface area contributed by atoms with Crippen LogP contribution in [0.2, 0.25) is 0 Å². The van der Waals surface area contributed by atoms with E-state index in [0.717, 1.165) is 12.8 Å². The summed E-state index contributed by atoms with van der Waals surface area (Å²) >= 11 is 0. The van der Waals surface area contributed by atoms with E-state index in [-0.39, 0.29) is 23.6 Å². The molecule has 13 heteroatoms. The Labute approximate surface area is 228 Å². The van der Waals surface area contributed by atoms with Gasteiger partial charge in [-0.05, 0) is 51.2 Å². The van der Waals surface area contributed by atoms with Crippen LogP contribution < -0.4 is 21.7 Å².